The fraction of sp³-hybridized carbons (Fsp3) is 0.368. The lowest BCUT2D eigenvalue weighted by Gasteiger charge is -2.16. The molecule has 0 saturated carbocycles. The molecule has 0 aliphatic rings. The number of nitrogens with zero attached hydrogens (tertiary/aromatic N) is 1. The van der Waals surface area contributed by atoms with Gasteiger partial charge in [0.15, 0.2) is 0 Å². The summed E-state index contributed by atoms with van der Waals surface area (Å²) in [5.74, 6) is 0.0907. The monoisotopic (exact) mass is 361 g/mol. The van der Waals surface area contributed by atoms with Crippen LogP contribution in [0.2, 0.25) is 0 Å². The number of amides is 1. The maximum Gasteiger partial charge on any atom is 0.339 e. The minimum absolute atomic E-state index is 0.104. The molecule has 2 rings (SSSR count). The SMILES string of the molecule is COCCCOc1cccc(C(=O)N(C)Cc2cc(C(=O)O)c(C)o2)c1. The number of carbonyl (C=O) groups is 2. The van der Waals surface area contributed by atoms with Crippen molar-refractivity contribution in [2.45, 2.75) is 19.9 Å². The Morgan fingerprint density at radius 3 is 2.65 bits per heavy atom. The van der Waals surface area contributed by atoms with Crippen LogP contribution in [0.3, 0.4) is 0 Å². The standard InChI is InChI=1S/C19H23NO6/c1-13-17(19(22)23)11-16(26-13)12-20(2)18(21)14-6-4-7-15(10-14)25-9-5-8-24-3/h4,6-7,10-11H,5,8-9,12H2,1-3H3,(H,22,23). The minimum atomic E-state index is -1.05. The van der Waals surface area contributed by atoms with Gasteiger partial charge in [-0.2, -0.15) is 0 Å². The van der Waals surface area contributed by atoms with Gasteiger partial charge in [0.05, 0.1) is 13.2 Å². The van der Waals surface area contributed by atoms with Crippen LogP contribution < -0.4 is 4.74 Å². The molecule has 1 amide bonds. The van der Waals surface area contributed by atoms with E-state index in [1.54, 1.807) is 45.3 Å². The molecule has 1 N–H and O–H groups in total. The van der Waals surface area contributed by atoms with Crippen molar-refractivity contribution in [2.24, 2.45) is 0 Å². The second kappa shape index (κ2) is 9.05. The Morgan fingerprint density at radius 1 is 1.23 bits per heavy atom. The van der Waals surface area contributed by atoms with E-state index >= 15 is 0 Å². The highest BCUT2D eigenvalue weighted by molar-refractivity contribution is 5.94. The van der Waals surface area contributed by atoms with E-state index in [-0.39, 0.29) is 18.0 Å². The van der Waals surface area contributed by atoms with Gasteiger partial charge in [-0.1, -0.05) is 6.07 Å². The molecule has 140 valence electrons. The van der Waals surface area contributed by atoms with Gasteiger partial charge in [0.25, 0.3) is 5.91 Å². The second-order valence-electron chi connectivity index (χ2n) is 5.87. The van der Waals surface area contributed by atoms with Crippen molar-refractivity contribution in [3.63, 3.8) is 0 Å². The third kappa shape index (κ3) is 5.10. The first kappa shape index (κ1) is 19.5. The smallest absolute Gasteiger partial charge is 0.339 e. The average Bonchev–Trinajstić information content (AvgIpc) is 2.99. The molecular formula is C19H23NO6. The van der Waals surface area contributed by atoms with E-state index in [2.05, 4.69) is 0 Å². The molecule has 0 bridgehead atoms. The number of aromatic carboxylic acids is 1. The van der Waals surface area contributed by atoms with Crippen LogP contribution in [0.25, 0.3) is 0 Å². The van der Waals surface area contributed by atoms with E-state index in [4.69, 9.17) is 19.0 Å². The highest BCUT2D eigenvalue weighted by Gasteiger charge is 2.18. The fourth-order valence-electron chi connectivity index (χ4n) is 2.47. The second-order valence-corrected chi connectivity index (χ2v) is 5.87. The number of carboxylic acid groups (broad SMARTS) is 1. The zero-order chi connectivity index (χ0) is 19.1. The highest BCUT2D eigenvalue weighted by atomic mass is 16.5. The van der Waals surface area contributed by atoms with Crippen molar-refractivity contribution < 1.29 is 28.6 Å². The summed E-state index contributed by atoms with van der Waals surface area (Å²) in [6, 6.07) is 8.38. The van der Waals surface area contributed by atoms with Crippen molar-refractivity contribution in [2.75, 3.05) is 27.4 Å². The summed E-state index contributed by atoms with van der Waals surface area (Å²) in [6.45, 7) is 2.87. The van der Waals surface area contributed by atoms with E-state index < -0.39 is 5.97 Å². The molecule has 1 aromatic carbocycles. The van der Waals surface area contributed by atoms with Crippen LogP contribution >= 0.6 is 0 Å². The number of methoxy groups -OCH3 is 1. The zero-order valence-electron chi connectivity index (χ0n) is 15.2. The van der Waals surface area contributed by atoms with Gasteiger partial charge < -0.3 is 23.9 Å². The first-order valence-electron chi connectivity index (χ1n) is 8.22. The number of aryl methyl sites for hydroxylation is 1. The Kier molecular flexibility index (Phi) is 6.80. The number of carbonyl (C=O) groups excluding carboxylic acids is 1. The Hall–Kier alpha value is -2.80. The molecule has 7 nitrogen and oxygen atoms in total. The lowest BCUT2D eigenvalue weighted by molar-refractivity contribution is 0.0694. The van der Waals surface area contributed by atoms with Crippen molar-refractivity contribution in [3.05, 3.63) is 53.0 Å². The third-order valence-electron chi connectivity index (χ3n) is 3.78. The number of benzene rings is 1. The summed E-state index contributed by atoms with van der Waals surface area (Å²) in [5.41, 5.74) is 0.589. The number of carboxylic acids is 1. The van der Waals surface area contributed by atoms with Gasteiger partial charge in [0.1, 0.15) is 22.8 Å². The zero-order valence-corrected chi connectivity index (χ0v) is 15.2. The summed E-state index contributed by atoms with van der Waals surface area (Å²) in [4.78, 5) is 25.1. The van der Waals surface area contributed by atoms with Crippen molar-refractivity contribution in [3.8, 4) is 5.75 Å². The average molecular weight is 361 g/mol. The summed E-state index contributed by atoms with van der Waals surface area (Å²) in [5, 5.41) is 9.07. The molecule has 0 aliphatic carbocycles. The van der Waals surface area contributed by atoms with E-state index in [0.717, 1.165) is 6.42 Å². The van der Waals surface area contributed by atoms with Crippen LogP contribution in [0.1, 0.15) is 38.7 Å². The van der Waals surface area contributed by atoms with E-state index in [0.29, 0.717) is 36.0 Å². The molecule has 0 aliphatic heterocycles. The Labute approximate surface area is 152 Å². The van der Waals surface area contributed by atoms with Gasteiger partial charge >= 0.3 is 5.97 Å². The van der Waals surface area contributed by atoms with Gasteiger partial charge in [0, 0.05) is 32.7 Å². The van der Waals surface area contributed by atoms with Crippen LogP contribution in [0, 0.1) is 6.92 Å². The van der Waals surface area contributed by atoms with Gasteiger partial charge in [0.2, 0.25) is 0 Å². The van der Waals surface area contributed by atoms with Gasteiger partial charge in [-0.3, -0.25) is 4.79 Å². The van der Waals surface area contributed by atoms with Crippen molar-refractivity contribution >= 4 is 11.9 Å². The molecule has 7 heteroatoms. The minimum Gasteiger partial charge on any atom is -0.493 e. The number of ether oxygens (including phenoxy) is 2. The first-order valence-corrected chi connectivity index (χ1v) is 8.22. The normalized spacial score (nSPS) is 10.6. The maximum atomic E-state index is 12.6. The maximum absolute atomic E-state index is 12.6. The molecule has 1 aromatic heterocycles. The molecule has 0 saturated heterocycles. The van der Waals surface area contributed by atoms with E-state index in [1.807, 2.05) is 0 Å². The molecule has 0 unspecified atom stereocenters. The molecule has 1 heterocycles. The largest absolute Gasteiger partial charge is 0.493 e. The van der Waals surface area contributed by atoms with Gasteiger partial charge in [-0.15, -0.1) is 0 Å². The van der Waals surface area contributed by atoms with Crippen LogP contribution in [-0.4, -0.2) is 49.3 Å². The quantitative estimate of drug-likeness (QED) is 0.691. The number of hydrogen-bond donors (Lipinski definition) is 1. The number of furan rings is 1. The summed E-state index contributed by atoms with van der Waals surface area (Å²) >= 11 is 0. The first-order chi connectivity index (χ1) is 12.4. The Bertz CT molecular complexity index is 767. The van der Waals surface area contributed by atoms with E-state index in [1.165, 1.54) is 11.0 Å². The van der Waals surface area contributed by atoms with Gasteiger partial charge in [-0.05, 0) is 31.2 Å². The molecule has 0 atom stereocenters. The number of rotatable bonds is 9. The van der Waals surface area contributed by atoms with Crippen molar-refractivity contribution in [1.29, 1.82) is 0 Å². The summed E-state index contributed by atoms with van der Waals surface area (Å²) in [6.07, 6.45) is 0.762. The summed E-state index contributed by atoms with van der Waals surface area (Å²) in [7, 11) is 3.27. The summed E-state index contributed by atoms with van der Waals surface area (Å²) < 4.78 is 16.0. The van der Waals surface area contributed by atoms with Gasteiger partial charge in [-0.25, -0.2) is 4.79 Å². The number of hydrogen-bond acceptors (Lipinski definition) is 5. The molecule has 0 fully saturated rings. The highest BCUT2D eigenvalue weighted by Crippen LogP contribution is 2.19. The predicted octanol–water partition coefficient (Wildman–Crippen LogP) is 2.97. The Balaban J connectivity index is 2.01. The van der Waals surface area contributed by atoms with Crippen LogP contribution in [0.5, 0.6) is 5.75 Å². The van der Waals surface area contributed by atoms with Crippen LogP contribution in [0.15, 0.2) is 34.7 Å². The fourth-order valence-corrected chi connectivity index (χ4v) is 2.47. The lowest BCUT2D eigenvalue weighted by atomic mass is 10.2. The molecule has 2 aromatic rings. The van der Waals surface area contributed by atoms with Crippen LogP contribution in [0.4, 0.5) is 0 Å². The van der Waals surface area contributed by atoms with Crippen LogP contribution in [-0.2, 0) is 11.3 Å². The molecule has 0 radical (unpaired) electrons. The van der Waals surface area contributed by atoms with E-state index in [9.17, 15) is 9.59 Å². The molecular weight excluding hydrogens is 338 g/mol. The lowest BCUT2D eigenvalue weighted by Crippen LogP contribution is -2.26. The Morgan fingerprint density at radius 2 is 2.00 bits per heavy atom. The molecule has 26 heavy (non-hydrogen) atoms. The molecule has 0 spiro atoms. The topological polar surface area (TPSA) is 89.2 Å². The predicted molar refractivity (Wildman–Crippen MR) is 94.6 cm³/mol. The third-order valence-corrected chi connectivity index (χ3v) is 3.78. The van der Waals surface area contributed by atoms with Crippen molar-refractivity contribution in [1.82, 2.24) is 4.90 Å².